The van der Waals surface area contributed by atoms with E-state index in [1.54, 1.807) is 12.1 Å². The molecule has 6 heteroatoms. The van der Waals surface area contributed by atoms with Crippen molar-refractivity contribution in [2.24, 2.45) is 5.14 Å². The number of hydrogen-bond donors (Lipinski definition) is 2. The van der Waals surface area contributed by atoms with Gasteiger partial charge in [0.05, 0.1) is 4.47 Å². The molecule has 1 aromatic rings. The van der Waals surface area contributed by atoms with Gasteiger partial charge in [0.25, 0.3) is 0 Å². The molecule has 0 spiro atoms. The van der Waals surface area contributed by atoms with Crippen LogP contribution < -0.4 is 5.14 Å². The normalized spacial score (nSPS) is 9.31. The third kappa shape index (κ3) is 6.68. The maximum atomic E-state index is 12.5. The van der Waals surface area contributed by atoms with Crippen molar-refractivity contribution in [3.63, 3.8) is 0 Å². The van der Waals surface area contributed by atoms with Crippen molar-refractivity contribution < 1.29 is 12.8 Å². The van der Waals surface area contributed by atoms with Crippen LogP contribution in [-0.2, 0) is 10.9 Å². The fourth-order valence-corrected chi connectivity index (χ4v) is 1.09. The topological polar surface area (TPSA) is 60.2 Å². The molecule has 0 aromatic heterocycles. The van der Waals surface area contributed by atoms with Crippen LogP contribution in [0.3, 0.4) is 0 Å². The molecule has 0 bridgehead atoms. The van der Waals surface area contributed by atoms with Gasteiger partial charge in [0, 0.05) is 0 Å². The van der Waals surface area contributed by atoms with E-state index < -0.39 is 10.9 Å². The lowest BCUT2D eigenvalue weighted by Gasteiger charge is -1.93. The number of hydrogen-bond acceptors (Lipinski definition) is 2. The highest BCUT2D eigenvalue weighted by Gasteiger charge is 1.94. The zero-order valence-electron chi connectivity index (χ0n) is 6.83. The molecule has 0 aliphatic heterocycles. The third-order valence-corrected chi connectivity index (χ3v) is 1.68. The van der Waals surface area contributed by atoms with Crippen molar-refractivity contribution >= 4 is 26.8 Å². The Kier molecular flexibility index (Phi) is 5.85. The summed E-state index contributed by atoms with van der Waals surface area (Å²) in [6.45, 7) is 1.92. The molecule has 1 rings (SSSR count). The Hall–Kier alpha value is -0.460. The Labute approximate surface area is 86.0 Å². The maximum absolute atomic E-state index is 12.5. The number of nitrogens with two attached hydrogens (primary N) is 1. The average Bonchev–Trinajstić information content (AvgIpc) is 1.96. The van der Waals surface area contributed by atoms with Gasteiger partial charge in [-0.05, 0) is 40.5 Å². The van der Waals surface area contributed by atoms with Gasteiger partial charge in [0.2, 0.25) is 0 Å². The first-order valence-corrected chi connectivity index (χ1v) is 5.28. The number of aryl methyl sites for hydroxylation is 1. The summed E-state index contributed by atoms with van der Waals surface area (Å²) in [6, 6.07) is 4.93. The van der Waals surface area contributed by atoms with Crippen LogP contribution in [0.15, 0.2) is 22.7 Å². The first-order chi connectivity index (χ1) is 5.93. The molecule has 1 aromatic carbocycles. The minimum Gasteiger partial charge on any atom is -0.231 e. The predicted molar refractivity (Wildman–Crippen MR) is 53.3 cm³/mol. The van der Waals surface area contributed by atoms with Gasteiger partial charge in [-0.15, -0.1) is 0 Å². The SMILES string of the molecule is Cc1ccc(F)c(Br)c1.N[SH](=O)=O. The predicted octanol–water partition coefficient (Wildman–Crippen LogP) is 1.37. The van der Waals surface area contributed by atoms with Crippen molar-refractivity contribution in [2.75, 3.05) is 0 Å². The third-order valence-electron chi connectivity index (χ3n) is 1.08. The van der Waals surface area contributed by atoms with E-state index in [1.807, 2.05) is 6.92 Å². The van der Waals surface area contributed by atoms with Crippen LogP contribution in [-0.4, -0.2) is 8.42 Å². The van der Waals surface area contributed by atoms with Crippen LogP contribution in [0.5, 0.6) is 0 Å². The van der Waals surface area contributed by atoms with Gasteiger partial charge >= 0.3 is 0 Å². The van der Waals surface area contributed by atoms with E-state index in [-0.39, 0.29) is 5.82 Å². The molecular formula is C7H9BrFNO2S. The lowest BCUT2D eigenvalue weighted by molar-refractivity contribution is 0.616. The molecule has 0 saturated carbocycles. The van der Waals surface area contributed by atoms with E-state index in [0.29, 0.717) is 4.47 Å². The van der Waals surface area contributed by atoms with E-state index in [2.05, 4.69) is 21.1 Å². The van der Waals surface area contributed by atoms with Crippen molar-refractivity contribution in [1.82, 2.24) is 0 Å². The summed E-state index contributed by atoms with van der Waals surface area (Å²) in [4.78, 5) is 0. The second-order valence-corrected chi connectivity index (χ2v) is 3.63. The Morgan fingerprint density at radius 1 is 1.46 bits per heavy atom. The smallest absolute Gasteiger partial charge is 0.198 e. The number of benzene rings is 1. The molecule has 0 saturated heterocycles. The van der Waals surface area contributed by atoms with Crippen molar-refractivity contribution in [3.8, 4) is 0 Å². The van der Waals surface area contributed by atoms with Crippen LogP contribution >= 0.6 is 15.9 Å². The lowest BCUT2D eigenvalue weighted by atomic mass is 10.2. The average molecular weight is 270 g/mol. The van der Waals surface area contributed by atoms with Crippen molar-refractivity contribution in [2.45, 2.75) is 6.92 Å². The quantitative estimate of drug-likeness (QED) is 0.699. The van der Waals surface area contributed by atoms with Gasteiger partial charge in [-0.3, -0.25) is 0 Å². The van der Waals surface area contributed by atoms with E-state index in [1.165, 1.54) is 6.07 Å². The van der Waals surface area contributed by atoms with Crippen molar-refractivity contribution in [1.29, 1.82) is 0 Å². The van der Waals surface area contributed by atoms with Crippen LogP contribution in [0, 0.1) is 12.7 Å². The number of thiol groups is 1. The number of rotatable bonds is 0. The van der Waals surface area contributed by atoms with E-state index in [0.717, 1.165) is 5.56 Å². The van der Waals surface area contributed by atoms with Gasteiger partial charge in [-0.25, -0.2) is 17.9 Å². The fourth-order valence-electron chi connectivity index (χ4n) is 0.601. The fraction of sp³-hybridized carbons (Fsp3) is 0.143. The summed E-state index contributed by atoms with van der Waals surface area (Å²) in [5.74, 6) is -0.208. The highest BCUT2D eigenvalue weighted by Crippen LogP contribution is 2.15. The maximum Gasteiger partial charge on any atom is 0.198 e. The summed E-state index contributed by atoms with van der Waals surface area (Å²) < 4.78 is 30.6. The zero-order valence-corrected chi connectivity index (χ0v) is 9.31. The molecule has 2 N–H and O–H groups in total. The van der Waals surface area contributed by atoms with Gasteiger partial charge < -0.3 is 0 Å². The van der Waals surface area contributed by atoms with Crippen LogP contribution in [0.4, 0.5) is 4.39 Å². The molecule has 0 unspecified atom stereocenters. The van der Waals surface area contributed by atoms with Crippen LogP contribution in [0.2, 0.25) is 0 Å². The molecule has 74 valence electrons. The van der Waals surface area contributed by atoms with Gasteiger partial charge in [0.1, 0.15) is 5.82 Å². The minimum atomic E-state index is -2.62. The standard InChI is InChI=1S/C7H6BrF.H3NO2S/c1-5-2-3-7(9)6(8)4-5;1-4(2)3/h2-4H,1H3;4H,(H2,1,2,3). The van der Waals surface area contributed by atoms with Gasteiger partial charge in [-0.1, -0.05) is 6.07 Å². The Morgan fingerprint density at radius 3 is 2.23 bits per heavy atom. The Bertz CT molecular complexity index is 346. The molecule has 0 fully saturated rings. The monoisotopic (exact) mass is 269 g/mol. The molecule has 0 aliphatic rings. The minimum absolute atomic E-state index is 0.208. The molecule has 0 aliphatic carbocycles. The largest absolute Gasteiger partial charge is 0.231 e. The molecule has 3 nitrogen and oxygen atoms in total. The van der Waals surface area contributed by atoms with Gasteiger partial charge in [-0.2, -0.15) is 0 Å². The second-order valence-electron chi connectivity index (χ2n) is 2.20. The molecule has 0 amide bonds. The van der Waals surface area contributed by atoms with Crippen LogP contribution in [0.25, 0.3) is 0 Å². The highest BCUT2D eigenvalue weighted by atomic mass is 79.9. The Balaban J connectivity index is 0.000000310. The first-order valence-electron chi connectivity index (χ1n) is 3.24. The second kappa shape index (κ2) is 6.06. The summed E-state index contributed by atoms with van der Waals surface area (Å²) in [5.41, 5.74) is 1.06. The highest BCUT2D eigenvalue weighted by molar-refractivity contribution is 9.10. The molecule has 0 atom stereocenters. The summed E-state index contributed by atoms with van der Waals surface area (Å²) >= 11 is 3.07. The van der Waals surface area contributed by atoms with Gasteiger partial charge in [0.15, 0.2) is 10.9 Å². The number of halogens is 2. The lowest BCUT2D eigenvalue weighted by Crippen LogP contribution is -1.85. The van der Waals surface area contributed by atoms with E-state index in [9.17, 15) is 4.39 Å². The summed E-state index contributed by atoms with van der Waals surface area (Å²) in [5, 5.41) is 4.06. The first kappa shape index (κ1) is 12.5. The zero-order chi connectivity index (χ0) is 10.4. The molecule has 0 heterocycles. The van der Waals surface area contributed by atoms with E-state index >= 15 is 0 Å². The van der Waals surface area contributed by atoms with E-state index in [4.69, 9.17) is 8.42 Å². The Morgan fingerprint density at radius 2 is 1.92 bits per heavy atom. The van der Waals surface area contributed by atoms with Crippen LogP contribution in [0.1, 0.15) is 5.56 Å². The summed E-state index contributed by atoms with van der Waals surface area (Å²) in [6.07, 6.45) is 0. The molecule has 13 heavy (non-hydrogen) atoms. The van der Waals surface area contributed by atoms with Crippen molar-refractivity contribution in [3.05, 3.63) is 34.1 Å². The molecular weight excluding hydrogens is 261 g/mol. The summed E-state index contributed by atoms with van der Waals surface area (Å²) in [7, 11) is -2.62. The molecule has 0 radical (unpaired) electrons.